The van der Waals surface area contributed by atoms with Crippen molar-refractivity contribution in [1.29, 1.82) is 0 Å². The number of ether oxygens (including phenoxy) is 1. The summed E-state index contributed by atoms with van der Waals surface area (Å²) in [4.78, 5) is 56.2. The van der Waals surface area contributed by atoms with Crippen LogP contribution in [0.2, 0.25) is 0 Å². The fourth-order valence-electron chi connectivity index (χ4n) is 5.60. The number of benzene rings is 1. The number of morpholine rings is 1. The number of hydrogen-bond acceptors (Lipinski definition) is 6. The monoisotopic (exact) mass is 527 g/mol. The molecule has 1 N–H and O–H groups in total. The van der Waals surface area contributed by atoms with Crippen LogP contribution in [0.25, 0.3) is 0 Å². The number of carbonyl (C=O) groups excluding carboxylic acids is 4. The summed E-state index contributed by atoms with van der Waals surface area (Å²) in [6.07, 6.45) is 4.07. The van der Waals surface area contributed by atoms with Gasteiger partial charge in [0.1, 0.15) is 0 Å². The number of nitrogens with one attached hydrogen (secondary N) is 1. The SMILES string of the molecule is CCCN(CC1CCN(C(=O)N2CCOCC2)CC1)C(C)Cc1cccc(NC(=O)N2C(=O)CCC2=O)c1. The molecule has 0 bridgehead atoms. The molecule has 6 amide bonds. The van der Waals surface area contributed by atoms with Gasteiger partial charge in [-0.2, -0.15) is 0 Å². The number of urea groups is 2. The summed E-state index contributed by atoms with van der Waals surface area (Å²) in [7, 11) is 0. The highest BCUT2D eigenvalue weighted by Gasteiger charge is 2.34. The Balaban J connectivity index is 1.29. The summed E-state index contributed by atoms with van der Waals surface area (Å²) >= 11 is 0. The van der Waals surface area contributed by atoms with Gasteiger partial charge in [-0.25, -0.2) is 14.5 Å². The lowest BCUT2D eigenvalue weighted by molar-refractivity contribution is -0.134. The molecule has 3 saturated heterocycles. The molecular weight excluding hydrogens is 486 g/mol. The van der Waals surface area contributed by atoms with Crippen LogP contribution >= 0.6 is 0 Å². The van der Waals surface area contributed by atoms with E-state index in [0.717, 1.165) is 57.4 Å². The van der Waals surface area contributed by atoms with Crippen LogP contribution in [0.3, 0.4) is 0 Å². The maximum atomic E-state index is 12.8. The summed E-state index contributed by atoms with van der Waals surface area (Å²) < 4.78 is 5.38. The second-order valence-electron chi connectivity index (χ2n) is 10.6. The van der Waals surface area contributed by atoms with Gasteiger partial charge in [0.25, 0.3) is 0 Å². The Bertz CT molecular complexity index is 987. The molecule has 1 aromatic carbocycles. The van der Waals surface area contributed by atoms with Crippen LogP contribution in [0.15, 0.2) is 24.3 Å². The van der Waals surface area contributed by atoms with E-state index in [0.29, 0.717) is 48.9 Å². The summed E-state index contributed by atoms with van der Waals surface area (Å²) in [5.74, 6) is -0.355. The first-order valence-corrected chi connectivity index (χ1v) is 14.0. The molecule has 0 saturated carbocycles. The molecule has 0 aliphatic carbocycles. The summed E-state index contributed by atoms with van der Waals surface area (Å²) in [5, 5.41) is 2.70. The number of imide groups is 3. The van der Waals surface area contributed by atoms with Crippen LogP contribution in [0, 0.1) is 5.92 Å². The van der Waals surface area contributed by atoms with Crippen molar-refractivity contribution >= 4 is 29.6 Å². The van der Waals surface area contributed by atoms with Gasteiger partial charge in [-0.1, -0.05) is 19.1 Å². The Hall–Kier alpha value is -2.98. The van der Waals surface area contributed by atoms with Crippen molar-refractivity contribution in [2.24, 2.45) is 5.92 Å². The topological polar surface area (TPSA) is 102 Å². The van der Waals surface area contributed by atoms with Crippen LogP contribution < -0.4 is 5.32 Å². The van der Waals surface area contributed by atoms with Gasteiger partial charge < -0.3 is 24.8 Å². The number of carbonyl (C=O) groups is 4. The van der Waals surface area contributed by atoms with E-state index in [1.807, 2.05) is 28.0 Å². The zero-order chi connectivity index (χ0) is 27.1. The zero-order valence-corrected chi connectivity index (χ0v) is 22.7. The number of piperidine rings is 1. The molecule has 0 spiro atoms. The van der Waals surface area contributed by atoms with Crippen molar-refractivity contribution in [3.63, 3.8) is 0 Å². The fraction of sp³-hybridized carbons (Fsp3) is 0.643. The number of anilines is 1. The Morgan fingerprint density at radius 1 is 1.05 bits per heavy atom. The number of nitrogens with zero attached hydrogens (tertiary/aromatic N) is 4. The minimum atomic E-state index is -0.686. The second-order valence-corrected chi connectivity index (χ2v) is 10.6. The van der Waals surface area contributed by atoms with Crippen molar-refractivity contribution in [2.75, 3.05) is 57.8 Å². The summed E-state index contributed by atoms with van der Waals surface area (Å²) in [5.41, 5.74) is 1.66. The van der Waals surface area contributed by atoms with Gasteiger partial charge in [0.05, 0.1) is 13.2 Å². The molecule has 3 heterocycles. The molecule has 10 heteroatoms. The quantitative estimate of drug-likeness (QED) is 0.521. The molecule has 0 aromatic heterocycles. The highest BCUT2D eigenvalue weighted by atomic mass is 16.5. The Morgan fingerprint density at radius 2 is 1.71 bits per heavy atom. The lowest BCUT2D eigenvalue weighted by atomic mass is 9.95. The molecule has 38 heavy (non-hydrogen) atoms. The molecule has 1 unspecified atom stereocenters. The van der Waals surface area contributed by atoms with Crippen LogP contribution in [-0.4, -0.2) is 102 Å². The third-order valence-corrected chi connectivity index (χ3v) is 7.76. The van der Waals surface area contributed by atoms with Gasteiger partial charge >= 0.3 is 12.1 Å². The smallest absolute Gasteiger partial charge is 0.335 e. The van der Waals surface area contributed by atoms with E-state index in [2.05, 4.69) is 24.1 Å². The third kappa shape index (κ3) is 7.11. The van der Waals surface area contributed by atoms with Gasteiger partial charge in [-0.15, -0.1) is 0 Å². The van der Waals surface area contributed by atoms with Gasteiger partial charge in [-0.3, -0.25) is 9.59 Å². The maximum Gasteiger partial charge on any atom is 0.335 e. The Morgan fingerprint density at radius 3 is 2.37 bits per heavy atom. The van der Waals surface area contributed by atoms with Crippen molar-refractivity contribution < 1.29 is 23.9 Å². The number of hydrogen-bond donors (Lipinski definition) is 1. The number of rotatable bonds is 8. The normalized spacial score (nSPS) is 19.8. The molecular formula is C28H41N5O5. The van der Waals surface area contributed by atoms with Crippen molar-refractivity contribution in [3.05, 3.63) is 29.8 Å². The first-order valence-electron chi connectivity index (χ1n) is 14.0. The Kier molecular flexibility index (Phi) is 9.74. The predicted molar refractivity (Wildman–Crippen MR) is 144 cm³/mol. The molecule has 3 fully saturated rings. The third-order valence-electron chi connectivity index (χ3n) is 7.76. The van der Waals surface area contributed by atoms with Crippen LogP contribution in [0.5, 0.6) is 0 Å². The summed E-state index contributed by atoms with van der Waals surface area (Å²) in [6, 6.07) is 7.38. The molecule has 3 aliphatic heterocycles. The lowest BCUT2D eigenvalue weighted by Crippen LogP contribution is -2.51. The first kappa shape index (κ1) is 28.0. The molecule has 208 valence electrons. The van der Waals surface area contributed by atoms with Gasteiger partial charge in [0.15, 0.2) is 0 Å². The second kappa shape index (κ2) is 13.2. The minimum Gasteiger partial charge on any atom is -0.378 e. The van der Waals surface area contributed by atoms with E-state index in [1.165, 1.54) is 0 Å². The van der Waals surface area contributed by atoms with Crippen molar-refractivity contribution in [2.45, 2.75) is 58.4 Å². The van der Waals surface area contributed by atoms with Crippen LogP contribution in [0.1, 0.15) is 51.5 Å². The highest BCUT2D eigenvalue weighted by Crippen LogP contribution is 2.23. The summed E-state index contributed by atoms with van der Waals surface area (Å²) in [6.45, 7) is 10.7. The van der Waals surface area contributed by atoms with E-state index in [-0.39, 0.29) is 18.9 Å². The van der Waals surface area contributed by atoms with Gasteiger partial charge in [0.2, 0.25) is 11.8 Å². The van der Waals surface area contributed by atoms with Crippen molar-refractivity contribution in [1.82, 2.24) is 19.6 Å². The number of likely N-dealkylation sites (tertiary alicyclic amines) is 2. The molecule has 4 rings (SSSR count). The van der Waals surface area contributed by atoms with Gasteiger partial charge in [0, 0.05) is 57.3 Å². The van der Waals surface area contributed by atoms with Crippen LogP contribution in [-0.2, 0) is 20.7 Å². The lowest BCUT2D eigenvalue weighted by Gasteiger charge is -2.39. The average Bonchev–Trinajstić information content (AvgIpc) is 3.26. The van der Waals surface area contributed by atoms with E-state index in [4.69, 9.17) is 4.74 Å². The molecule has 3 aliphatic rings. The first-order chi connectivity index (χ1) is 18.4. The largest absolute Gasteiger partial charge is 0.378 e. The number of amides is 6. The zero-order valence-electron chi connectivity index (χ0n) is 22.7. The highest BCUT2D eigenvalue weighted by molar-refractivity contribution is 6.17. The standard InChI is InChI=1S/C28H41N5O5/c1-3-11-32(20-22-9-12-30(13-10-22)28(37)31-14-16-38-17-15-31)21(2)18-23-5-4-6-24(19-23)29-27(36)33-25(34)7-8-26(33)35/h4-6,19,21-22H,3,7-18,20H2,1-2H3,(H,29,36). The van der Waals surface area contributed by atoms with Crippen LogP contribution in [0.4, 0.5) is 15.3 Å². The van der Waals surface area contributed by atoms with Crippen molar-refractivity contribution in [3.8, 4) is 0 Å². The predicted octanol–water partition coefficient (Wildman–Crippen LogP) is 3.17. The van der Waals surface area contributed by atoms with E-state index in [1.54, 1.807) is 6.07 Å². The molecule has 0 radical (unpaired) electrons. The van der Waals surface area contributed by atoms with E-state index < -0.39 is 17.8 Å². The van der Waals surface area contributed by atoms with Gasteiger partial charge in [-0.05, 0) is 62.8 Å². The minimum absolute atomic E-state index is 0.0836. The molecule has 1 atom stereocenters. The van der Waals surface area contributed by atoms with E-state index >= 15 is 0 Å². The Labute approximate surface area is 225 Å². The average molecular weight is 528 g/mol. The molecule has 1 aromatic rings. The fourth-order valence-corrected chi connectivity index (χ4v) is 5.60. The van der Waals surface area contributed by atoms with E-state index in [9.17, 15) is 19.2 Å². The maximum absolute atomic E-state index is 12.8. The molecule has 10 nitrogen and oxygen atoms in total.